The highest BCUT2D eigenvalue weighted by molar-refractivity contribution is 7.13. The Balaban J connectivity index is 1.86. The van der Waals surface area contributed by atoms with Crippen molar-refractivity contribution in [2.45, 2.75) is 0 Å². The number of hydrogen-bond donors (Lipinski definition) is 0. The van der Waals surface area contributed by atoms with Crippen molar-refractivity contribution >= 4 is 27.9 Å². The number of nitrogens with zero attached hydrogens (tertiary/aromatic N) is 3. The van der Waals surface area contributed by atoms with Crippen LogP contribution in [-0.4, -0.2) is 50.2 Å². The van der Waals surface area contributed by atoms with Crippen molar-refractivity contribution in [1.82, 2.24) is 9.88 Å². The van der Waals surface area contributed by atoms with Crippen molar-refractivity contribution in [2.24, 2.45) is 0 Å². The zero-order valence-corrected chi connectivity index (χ0v) is 14.8. The van der Waals surface area contributed by atoms with Gasteiger partial charge in [-0.25, -0.2) is 4.98 Å². The molecule has 3 aromatic rings. The fraction of sp³-hybridized carbons (Fsp3) is 0.316. The Morgan fingerprint density at radius 3 is 2.62 bits per heavy atom. The van der Waals surface area contributed by atoms with Crippen molar-refractivity contribution in [1.29, 1.82) is 0 Å². The summed E-state index contributed by atoms with van der Waals surface area (Å²) in [7, 11) is 3.89. The summed E-state index contributed by atoms with van der Waals surface area (Å²) >= 11 is 1.75. The smallest absolute Gasteiger partial charge is 0.136 e. The lowest BCUT2D eigenvalue weighted by Gasteiger charge is -2.34. The van der Waals surface area contributed by atoms with Crippen molar-refractivity contribution in [2.75, 3.05) is 45.2 Å². The minimum Gasteiger partial charge on any atom is -0.497 e. The van der Waals surface area contributed by atoms with Crippen LogP contribution in [0.15, 0.2) is 41.9 Å². The summed E-state index contributed by atoms with van der Waals surface area (Å²) in [5.74, 6) is 1.94. The second kappa shape index (κ2) is 6.42. The van der Waals surface area contributed by atoms with Crippen LogP contribution in [0, 0.1) is 0 Å². The van der Waals surface area contributed by atoms with Crippen LogP contribution in [0.1, 0.15) is 0 Å². The molecular weight excluding hydrogens is 318 g/mol. The Kier molecular flexibility index (Phi) is 4.12. The van der Waals surface area contributed by atoms with Gasteiger partial charge in [0.1, 0.15) is 11.6 Å². The maximum atomic E-state index is 5.46. The van der Waals surface area contributed by atoms with Crippen LogP contribution in [0.4, 0.5) is 5.82 Å². The number of thiophene rings is 1. The molecule has 2 aromatic heterocycles. The third-order valence-corrected chi connectivity index (χ3v) is 5.57. The van der Waals surface area contributed by atoms with Gasteiger partial charge in [-0.3, -0.25) is 0 Å². The third-order valence-electron chi connectivity index (χ3n) is 4.66. The highest BCUT2D eigenvalue weighted by Crippen LogP contribution is 2.37. The Morgan fingerprint density at radius 1 is 1.08 bits per heavy atom. The zero-order valence-electron chi connectivity index (χ0n) is 14.0. The molecule has 1 aliphatic heterocycles. The molecule has 124 valence electrons. The molecule has 0 N–H and O–H groups in total. The number of fused-ring (bicyclic) bond motifs is 1. The quantitative estimate of drug-likeness (QED) is 0.727. The van der Waals surface area contributed by atoms with Crippen LogP contribution in [0.3, 0.4) is 0 Å². The number of anilines is 1. The minimum absolute atomic E-state index is 0.878. The standard InChI is InChI=1S/C19H21N3OS/c1-21-7-9-22(10-8-21)19-16-12-14(23-2)5-6-15(16)17(13-20-19)18-4-3-11-24-18/h3-6,11-13H,7-10H2,1-2H3. The lowest BCUT2D eigenvalue weighted by molar-refractivity contribution is 0.312. The number of rotatable bonds is 3. The van der Waals surface area contributed by atoms with E-state index < -0.39 is 0 Å². The largest absolute Gasteiger partial charge is 0.497 e. The van der Waals surface area contributed by atoms with E-state index in [2.05, 4.69) is 46.5 Å². The number of piperazine rings is 1. The summed E-state index contributed by atoms with van der Waals surface area (Å²) < 4.78 is 5.46. The number of hydrogen-bond acceptors (Lipinski definition) is 5. The number of ether oxygens (including phenoxy) is 1. The molecule has 1 aromatic carbocycles. The van der Waals surface area contributed by atoms with Gasteiger partial charge in [0.05, 0.1) is 7.11 Å². The van der Waals surface area contributed by atoms with Gasteiger partial charge in [-0.05, 0) is 42.1 Å². The number of pyridine rings is 1. The second-order valence-corrected chi connectivity index (χ2v) is 7.12. The first-order chi connectivity index (χ1) is 11.8. The number of likely N-dealkylation sites (N-methyl/N-ethyl adjacent to an activating group) is 1. The van der Waals surface area contributed by atoms with E-state index >= 15 is 0 Å². The van der Waals surface area contributed by atoms with Crippen LogP contribution in [0.5, 0.6) is 5.75 Å². The molecule has 24 heavy (non-hydrogen) atoms. The Labute approximate surface area is 146 Å². The van der Waals surface area contributed by atoms with E-state index in [9.17, 15) is 0 Å². The fourth-order valence-electron chi connectivity index (χ4n) is 3.23. The Bertz CT molecular complexity index is 839. The first-order valence-electron chi connectivity index (χ1n) is 8.20. The van der Waals surface area contributed by atoms with Crippen LogP contribution in [-0.2, 0) is 0 Å². The maximum absolute atomic E-state index is 5.46. The molecule has 4 nitrogen and oxygen atoms in total. The van der Waals surface area contributed by atoms with Gasteiger partial charge in [0.15, 0.2) is 0 Å². The summed E-state index contributed by atoms with van der Waals surface area (Å²) in [4.78, 5) is 10.8. The molecule has 1 aliphatic rings. The fourth-order valence-corrected chi connectivity index (χ4v) is 3.98. The molecular formula is C19H21N3OS. The maximum Gasteiger partial charge on any atom is 0.136 e. The van der Waals surface area contributed by atoms with Crippen molar-refractivity contribution in [3.8, 4) is 16.2 Å². The zero-order chi connectivity index (χ0) is 16.5. The van der Waals surface area contributed by atoms with Gasteiger partial charge in [0.25, 0.3) is 0 Å². The summed E-state index contributed by atoms with van der Waals surface area (Å²) in [6, 6.07) is 10.6. The Hall–Kier alpha value is -2.11. The molecule has 5 heteroatoms. The van der Waals surface area contributed by atoms with Crippen LogP contribution in [0.25, 0.3) is 21.2 Å². The average Bonchev–Trinajstić information content (AvgIpc) is 3.15. The monoisotopic (exact) mass is 339 g/mol. The summed E-state index contributed by atoms with van der Waals surface area (Å²) in [6.45, 7) is 4.15. The summed E-state index contributed by atoms with van der Waals surface area (Å²) in [5, 5.41) is 4.52. The number of methoxy groups -OCH3 is 1. The molecule has 0 unspecified atom stereocenters. The third kappa shape index (κ3) is 2.74. The molecule has 4 rings (SSSR count). The van der Waals surface area contributed by atoms with Gasteiger partial charge in [0.2, 0.25) is 0 Å². The molecule has 0 radical (unpaired) electrons. The topological polar surface area (TPSA) is 28.6 Å². The van der Waals surface area contributed by atoms with Gasteiger partial charge < -0.3 is 14.5 Å². The highest BCUT2D eigenvalue weighted by atomic mass is 32.1. The van der Waals surface area contributed by atoms with E-state index in [4.69, 9.17) is 9.72 Å². The molecule has 0 saturated carbocycles. The first kappa shape index (κ1) is 15.4. The van der Waals surface area contributed by atoms with Gasteiger partial charge >= 0.3 is 0 Å². The van der Waals surface area contributed by atoms with E-state index in [0.717, 1.165) is 37.7 Å². The summed E-state index contributed by atoms with van der Waals surface area (Å²) in [6.07, 6.45) is 2.02. The van der Waals surface area contributed by atoms with Crippen LogP contribution in [0.2, 0.25) is 0 Å². The second-order valence-electron chi connectivity index (χ2n) is 6.17. The van der Waals surface area contributed by atoms with Gasteiger partial charge in [-0.1, -0.05) is 6.07 Å². The van der Waals surface area contributed by atoms with Gasteiger partial charge in [0, 0.05) is 48.2 Å². The number of benzene rings is 1. The van der Waals surface area contributed by atoms with E-state index in [1.165, 1.54) is 21.2 Å². The van der Waals surface area contributed by atoms with Crippen molar-refractivity contribution in [3.05, 3.63) is 41.9 Å². The van der Waals surface area contributed by atoms with Gasteiger partial charge in [-0.2, -0.15) is 0 Å². The molecule has 1 fully saturated rings. The predicted molar refractivity (Wildman–Crippen MR) is 101 cm³/mol. The van der Waals surface area contributed by atoms with Crippen LogP contribution < -0.4 is 9.64 Å². The molecule has 0 amide bonds. The first-order valence-corrected chi connectivity index (χ1v) is 9.08. The SMILES string of the molecule is COc1ccc2c(-c3cccs3)cnc(N3CCN(C)CC3)c2c1. The summed E-state index contributed by atoms with van der Waals surface area (Å²) in [5.41, 5.74) is 1.19. The molecule has 0 spiro atoms. The highest BCUT2D eigenvalue weighted by Gasteiger charge is 2.19. The normalized spacial score (nSPS) is 15.8. The van der Waals surface area contributed by atoms with E-state index in [1.807, 2.05) is 12.3 Å². The molecule has 3 heterocycles. The van der Waals surface area contributed by atoms with E-state index in [0.29, 0.717) is 0 Å². The van der Waals surface area contributed by atoms with E-state index in [-0.39, 0.29) is 0 Å². The molecule has 1 saturated heterocycles. The predicted octanol–water partition coefficient (Wildman–Crippen LogP) is 3.72. The molecule has 0 atom stereocenters. The number of aromatic nitrogens is 1. The van der Waals surface area contributed by atoms with Gasteiger partial charge in [-0.15, -0.1) is 11.3 Å². The van der Waals surface area contributed by atoms with Crippen molar-refractivity contribution in [3.63, 3.8) is 0 Å². The lowest BCUT2D eigenvalue weighted by atomic mass is 10.0. The average molecular weight is 339 g/mol. The van der Waals surface area contributed by atoms with Crippen LogP contribution >= 0.6 is 11.3 Å². The molecule has 0 aliphatic carbocycles. The minimum atomic E-state index is 0.878. The van der Waals surface area contributed by atoms with E-state index in [1.54, 1.807) is 18.4 Å². The van der Waals surface area contributed by atoms with Crippen molar-refractivity contribution < 1.29 is 4.74 Å². The molecule has 0 bridgehead atoms. The Morgan fingerprint density at radius 2 is 1.92 bits per heavy atom. The lowest BCUT2D eigenvalue weighted by Crippen LogP contribution is -2.44.